The minimum Gasteiger partial charge on any atom is -0.274 e. The lowest BCUT2D eigenvalue weighted by Crippen LogP contribution is -2.32. The molecule has 7 nitrogen and oxygen atoms in total. The van der Waals surface area contributed by atoms with Crippen molar-refractivity contribution in [2.45, 2.75) is 6.42 Å². The van der Waals surface area contributed by atoms with Crippen LogP contribution in [-0.2, 0) is 9.59 Å². The van der Waals surface area contributed by atoms with E-state index >= 15 is 0 Å². The van der Waals surface area contributed by atoms with Gasteiger partial charge < -0.3 is 0 Å². The predicted octanol–water partition coefficient (Wildman–Crippen LogP) is 1.36. The number of nitro groups is 1. The maximum Gasteiger partial charge on any atom is 0.345 e. The molecule has 2 amide bonds. The molecule has 8 heteroatoms. The van der Waals surface area contributed by atoms with Gasteiger partial charge in [0.15, 0.2) is 0 Å². The Labute approximate surface area is 117 Å². The molecule has 4 atom stereocenters. The van der Waals surface area contributed by atoms with Gasteiger partial charge in [0.05, 0.1) is 16.8 Å². The van der Waals surface area contributed by atoms with Crippen molar-refractivity contribution in [3.63, 3.8) is 0 Å². The maximum absolute atomic E-state index is 12.4. The number of allylic oxidation sites excluding steroid dienone is 2. The summed E-state index contributed by atoms with van der Waals surface area (Å²) in [5, 5.41) is 10.6. The van der Waals surface area contributed by atoms with Gasteiger partial charge in [-0.2, -0.15) is 0 Å². The van der Waals surface area contributed by atoms with Gasteiger partial charge in [0.2, 0.25) is 16.9 Å². The molecule has 102 valence electrons. The Morgan fingerprint density at radius 2 is 1.85 bits per heavy atom. The molecule has 0 spiro atoms. The summed E-state index contributed by atoms with van der Waals surface area (Å²) in [7, 11) is 0. The van der Waals surface area contributed by atoms with Gasteiger partial charge in [-0.05, 0) is 29.6 Å². The van der Waals surface area contributed by atoms with Crippen molar-refractivity contribution in [2.75, 3.05) is 4.90 Å². The first-order chi connectivity index (χ1) is 9.58. The molecule has 1 aliphatic heterocycles. The van der Waals surface area contributed by atoms with Crippen molar-refractivity contribution in [3.05, 3.63) is 28.5 Å². The van der Waals surface area contributed by atoms with E-state index in [9.17, 15) is 19.7 Å². The molecule has 0 N–H and O–H groups in total. The standard InChI is InChI=1S/C12H9N3O4S/c16-10-8-5-1-2-6(3-5)9(8)11(17)14(10)12-13-4-7(20-12)15(18)19/h1-2,4-6,8-9H,3H2/t5-,6-,8-,9+/m0/s1. The fraction of sp³-hybridized carbons (Fsp3) is 0.417. The Hall–Kier alpha value is -2.09. The third kappa shape index (κ3) is 1.31. The maximum atomic E-state index is 12.4. The minimum absolute atomic E-state index is 0.112. The van der Waals surface area contributed by atoms with Crippen molar-refractivity contribution in [3.8, 4) is 0 Å². The number of anilines is 1. The van der Waals surface area contributed by atoms with Crippen LogP contribution in [0.15, 0.2) is 18.3 Å². The molecule has 2 bridgehead atoms. The molecule has 1 aromatic rings. The number of aromatic nitrogens is 1. The molecule has 20 heavy (non-hydrogen) atoms. The van der Waals surface area contributed by atoms with E-state index < -0.39 is 4.92 Å². The van der Waals surface area contributed by atoms with Crippen LogP contribution in [-0.4, -0.2) is 21.7 Å². The van der Waals surface area contributed by atoms with Crippen LogP contribution in [0.2, 0.25) is 0 Å². The number of rotatable bonds is 2. The van der Waals surface area contributed by atoms with E-state index in [0.29, 0.717) is 0 Å². The molecule has 2 heterocycles. The number of fused-ring (bicyclic) bond motifs is 5. The quantitative estimate of drug-likeness (QED) is 0.355. The predicted molar refractivity (Wildman–Crippen MR) is 69.0 cm³/mol. The molecule has 1 aromatic heterocycles. The highest BCUT2D eigenvalue weighted by molar-refractivity contribution is 7.19. The van der Waals surface area contributed by atoms with Gasteiger partial charge in [0, 0.05) is 0 Å². The first kappa shape index (κ1) is 11.7. The summed E-state index contributed by atoms with van der Waals surface area (Å²) < 4.78 is 0. The van der Waals surface area contributed by atoms with Crippen molar-refractivity contribution >= 4 is 33.3 Å². The zero-order valence-corrected chi connectivity index (χ0v) is 10.9. The van der Waals surface area contributed by atoms with E-state index in [0.717, 1.165) is 28.9 Å². The van der Waals surface area contributed by atoms with E-state index in [-0.39, 0.29) is 45.6 Å². The average Bonchev–Trinajstić information content (AvgIpc) is 3.13. The molecular weight excluding hydrogens is 282 g/mol. The van der Waals surface area contributed by atoms with Gasteiger partial charge in [-0.15, -0.1) is 0 Å². The second kappa shape index (κ2) is 3.72. The Morgan fingerprint density at radius 1 is 1.25 bits per heavy atom. The fourth-order valence-electron chi connectivity index (χ4n) is 3.54. The van der Waals surface area contributed by atoms with E-state index in [4.69, 9.17) is 0 Å². The molecule has 0 unspecified atom stereocenters. The Bertz CT molecular complexity index is 652. The number of carbonyl (C=O) groups is 2. The summed E-state index contributed by atoms with van der Waals surface area (Å²) >= 11 is 0.761. The highest BCUT2D eigenvalue weighted by Gasteiger charge is 2.60. The molecule has 1 saturated carbocycles. The van der Waals surface area contributed by atoms with Crippen LogP contribution in [0.3, 0.4) is 0 Å². The van der Waals surface area contributed by atoms with Crippen LogP contribution < -0.4 is 4.90 Å². The topological polar surface area (TPSA) is 93.4 Å². The number of hydrogen-bond donors (Lipinski definition) is 0. The third-order valence-corrected chi connectivity index (χ3v) is 5.26. The minimum atomic E-state index is -0.571. The first-order valence-electron chi connectivity index (χ1n) is 6.24. The fourth-order valence-corrected chi connectivity index (χ4v) is 4.28. The monoisotopic (exact) mass is 291 g/mol. The number of hydrogen-bond acceptors (Lipinski definition) is 6. The van der Waals surface area contributed by atoms with E-state index in [2.05, 4.69) is 4.98 Å². The van der Waals surface area contributed by atoms with Crippen LogP contribution in [0.25, 0.3) is 0 Å². The van der Waals surface area contributed by atoms with Gasteiger partial charge in [-0.25, -0.2) is 9.88 Å². The van der Waals surface area contributed by atoms with Crippen LogP contribution in [0.4, 0.5) is 10.1 Å². The number of thiazole rings is 1. The molecule has 0 radical (unpaired) electrons. The second-order valence-corrected chi connectivity index (χ2v) is 6.24. The molecule has 3 aliphatic rings. The summed E-state index contributed by atoms with van der Waals surface area (Å²) in [6, 6.07) is 0. The van der Waals surface area contributed by atoms with Crippen molar-refractivity contribution in [1.82, 2.24) is 4.98 Å². The lowest BCUT2D eigenvalue weighted by atomic mass is 9.85. The molecule has 0 aromatic carbocycles. The highest BCUT2D eigenvalue weighted by Crippen LogP contribution is 2.53. The van der Waals surface area contributed by atoms with Gasteiger partial charge in [-0.3, -0.25) is 19.7 Å². The third-order valence-electron chi connectivity index (χ3n) is 4.32. The smallest absolute Gasteiger partial charge is 0.274 e. The van der Waals surface area contributed by atoms with Crippen LogP contribution in [0.1, 0.15) is 6.42 Å². The largest absolute Gasteiger partial charge is 0.345 e. The van der Waals surface area contributed by atoms with Crippen LogP contribution >= 0.6 is 11.3 Å². The zero-order valence-electron chi connectivity index (χ0n) is 10.1. The molecule has 2 aliphatic carbocycles. The first-order valence-corrected chi connectivity index (χ1v) is 7.06. The van der Waals surface area contributed by atoms with E-state index in [1.165, 1.54) is 0 Å². The lowest BCUT2D eigenvalue weighted by molar-refractivity contribution is -0.380. The normalized spacial score (nSPS) is 34.1. The van der Waals surface area contributed by atoms with Crippen molar-refractivity contribution in [2.24, 2.45) is 23.7 Å². The van der Waals surface area contributed by atoms with Crippen LogP contribution in [0.5, 0.6) is 0 Å². The average molecular weight is 291 g/mol. The molecule has 4 rings (SSSR count). The number of imide groups is 1. The highest BCUT2D eigenvalue weighted by atomic mass is 32.1. The zero-order chi connectivity index (χ0) is 14.0. The second-order valence-electron chi connectivity index (χ2n) is 5.25. The van der Waals surface area contributed by atoms with E-state index in [1.807, 2.05) is 12.2 Å². The van der Waals surface area contributed by atoms with Crippen molar-refractivity contribution in [1.29, 1.82) is 0 Å². The molecule has 1 saturated heterocycles. The Morgan fingerprint density at radius 3 is 2.35 bits per heavy atom. The SMILES string of the molecule is O=C1[C@@H]2[C@H](C(=O)N1c1ncc([N+](=O)[O-])s1)[C@H]1C=C[C@H]2C1. The van der Waals surface area contributed by atoms with Crippen molar-refractivity contribution < 1.29 is 14.5 Å². The Kier molecular flexibility index (Phi) is 2.18. The Balaban J connectivity index is 1.72. The number of amides is 2. The van der Waals surface area contributed by atoms with E-state index in [1.54, 1.807) is 0 Å². The molecule has 2 fully saturated rings. The van der Waals surface area contributed by atoms with Gasteiger partial charge in [-0.1, -0.05) is 12.2 Å². The van der Waals surface area contributed by atoms with Crippen LogP contribution in [0, 0.1) is 33.8 Å². The lowest BCUT2D eigenvalue weighted by Gasteiger charge is -2.14. The van der Waals surface area contributed by atoms with Gasteiger partial charge >= 0.3 is 5.00 Å². The van der Waals surface area contributed by atoms with Gasteiger partial charge in [0.25, 0.3) is 0 Å². The number of nitrogens with zero attached hydrogens (tertiary/aromatic N) is 3. The summed E-state index contributed by atoms with van der Waals surface area (Å²) in [5.74, 6) is -0.883. The molecular formula is C12H9N3O4S. The summed E-state index contributed by atoms with van der Waals surface area (Å²) in [6.45, 7) is 0. The number of carbonyl (C=O) groups excluding carboxylic acids is 2. The summed E-state index contributed by atoms with van der Waals surface area (Å²) in [5.41, 5.74) is 0. The van der Waals surface area contributed by atoms with Gasteiger partial charge in [0.1, 0.15) is 6.20 Å². The summed E-state index contributed by atoms with van der Waals surface area (Å²) in [4.78, 5) is 39.9. The summed E-state index contributed by atoms with van der Waals surface area (Å²) in [6.07, 6.45) is 5.95.